The van der Waals surface area contributed by atoms with Gasteiger partial charge >= 0.3 is 0 Å². The first-order chi connectivity index (χ1) is 15.0. The molecule has 0 unspecified atom stereocenters. The summed E-state index contributed by atoms with van der Waals surface area (Å²) < 4.78 is 6.49. The largest absolute Gasteiger partial charge is 0.496 e. The van der Waals surface area contributed by atoms with Crippen LogP contribution >= 0.6 is 22.6 Å². The van der Waals surface area contributed by atoms with E-state index in [-0.39, 0.29) is 11.7 Å². The number of benzene rings is 3. The minimum absolute atomic E-state index is 0.132. The molecule has 1 aliphatic rings. The van der Waals surface area contributed by atoms with Crippen LogP contribution in [-0.2, 0) is 13.0 Å². The van der Waals surface area contributed by atoms with Crippen molar-refractivity contribution in [2.45, 2.75) is 13.0 Å². The Morgan fingerprint density at radius 1 is 1.03 bits per heavy atom. The average molecular weight is 526 g/mol. The van der Waals surface area contributed by atoms with Crippen LogP contribution in [0.3, 0.4) is 0 Å². The van der Waals surface area contributed by atoms with E-state index in [0.717, 1.165) is 28.8 Å². The van der Waals surface area contributed by atoms with Crippen LogP contribution in [0.25, 0.3) is 0 Å². The van der Waals surface area contributed by atoms with Crippen molar-refractivity contribution in [3.05, 3.63) is 92.1 Å². The summed E-state index contributed by atoms with van der Waals surface area (Å²) >= 11 is 2.28. The standard InChI is InChI=1S/C25H23IN2O3/c1-28-11-10-20-18(15-28)12-19(26)14-22(20)27-25(30)21-13-17(8-9-23(21)31-2)24(29)16-6-4-3-5-7-16/h3-9,12-14H,10-11,15H2,1-2H3,(H,27,30). The average Bonchev–Trinajstić information content (AvgIpc) is 2.78. The highest BCUT2D eigenvalue weighted by atomic mass is 127. The minimum atomic E-state index is -0.289. The number of amides is 1. The third kappa shape index (κ3) is 4.65. The number of likely N-dealkylation sites (N-methyl/N-ethyl adjacent to an activating group) is 1. The van der Waals surface area contributed by atoms with E-state index in [0.29, 0.717) is 22.4 Å². The fraction of sp³-hybridized carbons (Fsp3) is 0.200. The smallest absolute Gasteiger partial charge is 0.259 e. The van der Waals surface area contributed by atoms with Gasteiger partial charge in [-0.3, -0.25) is 9.59 Å². The monoisotopic (exact) mass is 526 g/mol. The first-order valence-electron chi connectivity index (χ1n) is 10.0. The van der Waals surface area contributed by atoms with E-state index in [4.69, 9.17) is 4.74 Å². The number of carbonyl (C=O) groups excluding carboxylic acids is 2. The third-order valence-corrected chi connectivity index (χ3v) is 6.10. The maximum absolute atomic E-state index is 13.3. The van der Waals surface area contributed by atoms with Crippen LogP contribution in [0.5, 0.6) is 5.75 Å². The fourth-order valence-electron chi connectivity index (χ4n) is 3.89. The summed E-state index contributed by atoms with van der Waals surface area (Å²) in [6, 6.07) is 18.2. The molecule has 0 aromatic heterocycles. The molecular formula is C25H23IN2O3. The van der Waals surface area contributed by atoms with Crippen molar-refractivity contribution in [2.75, 3.05) is 26.0 Å². The van der Waals surface area contributed by atoms with Crippen LogP contribution in [0.2, 0.25) is 0 Å². The molecular weight excluding hydrogens is 503 g/mol. The maximum Gasteiger partial charge on any atom is 0.259 e. The number of nitrogens with zero attached hydrogens (tertiary/aromatic N) is 1. The Labute approximate surface area is 195 Å². The molecule has 1 heterocycles. The number of methoxy groups -OCH3 is 1. The number of carbonyl (C=O) groups is 2. The molecule has 158 valence electrons. The lowest BCUT2D eigenvalue weighted by atomic mass is 9.97. The van der Waals surface area contributed by atoms with Crippen LogP contribution in [0.4, 0.5) is 5.69 Å². The Bertz CT molecular complexity index is 1150. The van der Waals surface area contributed by atoms with Crippen LogP contribution in [0.1, 0.15) is 37.4 Å². The van der Waals surface area contributed by atoms with Crippen molar-refractivity contribution in [3.8, 4) is 5.75 Å². The number of anilines is 1. The van der Waals surface area contributed by atoms with E-state index in [9.17, 15) is 9.59 Å². The number of rotatable bonds is 5. The number of halogens is 1. The number of hydrogen-bond donors (Lipinski definition) is 1. The summed E-state index contributed by atoms with van der Waals surface area (Å²) in [4.78, 5) is 28.4. The molecule has 6 heteroatoms. The fourth-order valence-corrected chi connectivity index (χ4v) is 4.57. The lowest BCUT2D eigenvalue weighted by Crippen LogP contribution is -2.28. The van der Waals surface area contributed by atoms with E-state index in [1.165, 1.54) is 18.2 Å². The maximum atomic E-state index is 13.3. The van der Waals surface area contributed by atoms with E-state index in [1.54, 1.807) is 30.3 Å². The molecule has 3 aromatic rings. The van der Waals surface area contributed by atoms with Gasteiger partial charge in [0.05, 0.1) is 12.7 Å². The number of hydrogen-bond acceptors (Lipinski definition) is 4. The van der Waals surface area contributed by atoms with Crippen LogP contribution in [0, 0.1) is 3.57 Å². The Balaban J connectivity index is 1.67. The van der Waals surface area contributed by atoms with Gasteiger partial charge in [-0.25, -0.2) is 0 Å². The quantitative estimate of drug-likeness (QED) is 0.385. The van der Waals surface area contributed by atoms with Crippen molar-refractivity contribution in [1.82, 2.24) is 4.90 Å². The highest BCUT2D eigenvalue weighted by molar-refractivity contribution is 14.1. The Hall–Kier alpha value is -2.71. The predicted octanol–water partition coefficient (Wildman–Crippen LogP) is 4.77. The summed E-state index contributed by atoms with van der Waals surface area (Å²) in [7, 11) is 3.62. The second-order valence-electron chi connectivity index (χ2n) is 7.64. The predicted molar refractivity (Wildman–Crippen MR) is 130 cm³/mol. The summed E-state index contributed by atoms with van der Waals surface area (Å²) in [5.74, 6) is 0.0102. The minimum Gasteiger partial charge on any atom is -0.496 e. The van der Waals surface area contributed by atoms with Gasteiger partial charge in [0.15, 0.2) is 5.78 Å². The zero-order chi connectivity index (χ0) is 22.0. The van der Waals surface area contributed by atoms with Gasteiger partial charge < -0.3 is 15.0 Å². The molecule has 0 radical (unpaired) electrons. The number of ether oxygens (including phenoxy) is 1. The topological polar surface area (TPSA) is 58.6 Å². The molecule has 0 fully saturated rings. The van der Waals surface area contributed by atoms with Gasteiger partial charge in [0.25, 0.3) is 5.91 Å². The van der Waals surface area contributed by atoms with Gasteiger partial charge in [0, 0.05) is 33.5 Å². The Kier molecular flexibility index (Phi) is 6.38. The lowest BCUT2D eigenvalue weighted by Gasteiger charge is -2.27. The highest BCUT2D eigenvalue weighted by Crippen LogP contribution is 2.30. The molecule has 0 bridgehead atoms. The van der Waals surface area contributed by atoms with Crippen LogP contribution < -0.4 is 10.1 Å². The van der Waals surface area contributed by atoms with E-state index >= 15 is 0 Å². The zero-order valence-corrected chi connectivity index (χ0v) is 19.6. The first-order valence-corrected chi connectivity index (χ1v) is 11.1. The molecule has 4 rings (SSSR count). The summed E-state index contributed by atoms with van der Waals surface area (Å²) in [5.41, 5.74) is 4.59. The van der Waals surface area contributed by atoms with E-state index < -0.39 is 0 Å². The molecule has 0 saturated carbocycles. The summed E-state index contributed by atoms with van der Waals surface area (Å²) in [6.45, 7) is 1.81. The first kappa shape index (κ1) is 21.5. The molecule has 0 saturated heterocycles. The van der Waals surface area contributed by atoms with Gasteiger partial charge in [0.1, 0.15) is 5.75 Å². The highest BCUT2D eigenvalue weighted by Gasteiger charge is 2.21. The molecule has 1 aliphatic heterocycles. The van der Waals surface area contributed by atoms with Crippen molar-refractivity contribution in [1.29, 1.82) is 0 Å². The number of nitrogens with one attached hydrogen (secondary N) is 1. The molecule has 1 N–H and O–H groups in total. The third-order valence-electron chi connectivity index (χ3n) is 5.48. The van der Waals surface area contributed by atoms with Crippen LogP contribution in [0.15, 0.2) is 60.7 Å². The SMILES string of the molecule is COc1ccc(C(=O)c2ccccc2)cc1C(=O)Nc1cc(I)cc2c1CCN(C)C2. The number of fused-ring (bicyclic) bond motifs is 1. The molecule has 0 spiro atoms. The van der Waals surface area contributed by atoms with Gasteiger partial charge in [-0.15, -0.1) is 0 Å². The second-order valence-corrected chi connectivity index (χ2v) is 8.89. The molecule has 31 heavy (non-hydrogen) atoms. The van der Waals surface area contributed by atoms with Crippen LogP contribution in [-0.4, -0.2) is 37.3 Å². The van der Waals surface area contributed by atoms with Crippen molar-refractivity contribution >= 4 is 40.0 Å². The van der Waals surface area contributed by atoms with Gasteiger partial charge in [0.2, 0.25) is 0 Å². The van der Waals surface area contributed by atoms with E-state index in [1.807, 2.05) is 24.3 Å². The molecule has 3 aromatic carbocycles. The molecule has 0 atom stereocenters. The second kappa shape index (κ2) is 9.20. The summed E-state index contributed by atoms with van der Waals surface area (Å²) in [6.07, 6.45) is 0.877. The van der Waals surface area contributed by atoms with Gasteiger partial charge in [-0.2, -0.15) is 0 Å². The Morgan fingerprint density at radius 2 is 1.81 bits per heavy atom. The Morgan fingerprint density at radius 3 is 2.55 bits per heavy atom. The molecule has 0 aliphatic carbocycles. The lowest BCUT2D eigenvalue weighted by molar-refractivity contribution is 0.102. The van der Waals surface area contributed by atoms with Gasteiger partial charge in [-0.1, -0.05) is 30.3 Å². The molecule has 5 nitrogen and oxygen atoms in total. The van der Waals surface area contributed by atoms with Crippen molar-refractivity contribution < 1.29 is 14.3 Å². The zero-order valence-electron chi connectivity index (χ0n) is 17.4. The number of ketones is 1. The van der Waals surface area contributed by atoms with Crippen molar-refractivity contribution in [2.24, 2.45) is 0 Å². The normalized spacial score (nSPS) is 13.4. The molecule has 1 amide bonds. The van der Waals surface area contributed by atoms with Gasteiger partial charge in [-0.05, 0) is 77.5 Å². The summed E-state index contributed by atoms with van der Waals surface area (Å²) in [5, 5.41) is 3.07. The van der Waals surface area contributed by atoms with Crippen molar-refractivity contribution in [3.63, 3.8) is 0 Å². The van der Waals surface area contributed by atoms with E-state index in [2.05, 4.69) is 45.9 Å².